The van der Waals surface area contributed by atoms with Crippen molar-refractivity contribution in [2.75, 3.05) is 19.4 Å². The standard InChI is InChI=1S/C28H37N3O.2C2H6/c1-15(2)20-9-11-21(12-10-20)23-14-24-26(30(23)7)19(6)28(31(24)8)22-13-16(3)17(4)18(5)25(22)29-27(28)32;2*1-2/h9-13,15,19,23-24,26H,14H2,1-8H3,(H,29,32);2*1-2H3/t19-,23+,24-,26-,28-;;/m0../s1. The van der Waals surface area contributed by atoms with Crippen LogP contribution in [0.25, 0.3) is 0 Å². The van der Waals surface area contributed by atoms with E-state index in [1.54, 1.807) is 0 Å². The van der Waals surface area contributed by atoms with Gasteiger partial charge in [-0.3, -0.25) is 14.6 Å². The van der Waals surface area contributed by atoms with E-state index >= 15 is 0 Å². The third-order valence-electron chi connectivity index (χ3n) is 9.19. The Labute approximate surface area is 220 Å². The van der Waals surface area contributed by atoms with E-state index in [0.29, 0.717) is 24.0 Å². The van der Waals surface area contributed by atoms with Crippen molar-refractivity contribution in [1.82, 2.24) is 9.80 Å². The monoisotopic (exact) mass is 491 g/mol. The highest BCUT2D eigenvalue weighted by molar-refractivity contribution is 6.07. The second-order valence-electron chi connectivity index (χ2n) is 10.8. The fourth-order valence-electron chi connectivity index (χ4n) is 7.07. The van der Waals surface area contributed by atoms with Gasteiger partial charge in [0.2, 0.25) is 5.91 Å². The predicted molar refractivity (Wildman–Crippen MR) is 154 cm³/mol. The van der Waals surface area contributed by atoms with Crippen LogP contribution in [-0.2, 0) is 10.3 Å². The molecule has 198 valence electrons. The summed E-state index contributed by atoms with van der Waals surface area (Å²) in [7, 11) is 4.44. The Kier molecular flexibility index (Phi) is 8.42. The summed E-state index contributed by atoms with van der Waals surface area (Å²) in [6.07, 6.45) is 1.05. The van der Waals surface area contributed by atoms with Crippen molar-refractivity contribution in [3.8, 4) is 0 Å². The van der Waals surface area contributed by atoms with Crippen LogP contribution in [0.4, 0.5) is 5.69 Å². The zero-order valence-electron chi connectivity index (χ0n) is 24.8. The number of aryl methyl sites for hydroxylation is 1. The van der Waals surface area contributed by atoms with E-state index in [1.165, 1.54) is 33.4 Å². The molecule has 3 aliphatic rings. The van der Waals surface area contributed by atoms with Gasteiger partial charge < -0.3 is 5.32 Å². The summed E-state index contributed by atoms with van der Waals surface area (Å²) in [4.78, 5) is 18.6. The second-order valence-corrected chi connectivity index (χ2v) is 10.8. The van der Waals surface area contributed by atoms with Crippen LogP contribution in [0.5, 0.6) is 0 Å². The minimum Gasteiger partial charge on any atom is -0.324 e. The molecule has 1 spiro atoms. The van der Waals surface area contributed by atoms with Crippen LogP contribution >= 0.6 is 0 Å². The normalized spacial score (nSPS) is 28.9. The molecule has 1 amide bonds. The van der Waals surface area contributed by atoms with Crippen LogP contribution in [0.15, 0.2) is 30.3 Å². The van der Waals surface area contributed by atoms with Crippen LogP contribution in [-0.4, -0.2) is 41.9 Å². The van der Waals surface area contributed by atoms with E-state index < -0.39 is 5.54 Å². The summed E-state index contributed by atoms with van der Waals surface area (Å²) in [6, 6.07) is 12.5. The third kappa shape index (κ3) is 3.92. The van der Waals surface area contributed by atoms with Crippen LogP contribution in [0.1, 0.15) is 100 Å². The second kappa shape index (κ2) is 10.7. The van der Waals surface area contributed by atoms with Gasteiger partial charge in [0.1, 0.15) is 5.54 Å². The SMILES string of the molecule is CC.CC.Cc1cc2c(c(C)c1C)NC(=O)[C@]21[C@@H](C)[C@H]2[C@H](C[C@H](c3ccc(C(C)C)cc3)N2C)N1C. The summed E-state index contributed by atoms with van der Waals surface area (Å²) >= 11 is 0. The van der Waals surface area contributed by atoms with Crippen molar-refractivity contribution in [1.29, 1.82) is 0 Å². The molecule has 36 heavy (non-hydrogen) atoms. The molecule has 4 heteroatoms. The Bertz CT molecular complexity index is 1090. The summed E-state index contributed by atoms with van der Waals surface area (Å²) in [5.41, 5.74) is 8.16. The number of likely N-dealkylation sites (N-methyl/N-ethyl adjacent to an activating group) is 2. The van der Waals surface area contributed by atoms with Gasteiger partial charge >= 0.3 is 0 Å². The number of nitrogens with one attached hydrogen (secondary N) is 1. The molecule has 0 radical (unpaired) electrons. The topological polar surface area (TPSA) is 35.6 Å². The van der Waals surface area contributed by atoms with Gasteiger partial charge in [0.05, 0.1) is 0 Å². The Morgan fingerprint density at radius 3 is 2.08 bits per heavy atom. The van der Waals surface area contributed by atoms with E-state index in [4.69, 9.17) is 0 Å². The number of rotatable bonds is 2. The number of anilines is 1. The number of benzene rings is 2. The lowest BCUT2D eigenvalue weighted by Gasteiger charge is -2.38. The number of carbonyl (C=O) groups excluding carboxylic acids is 1. The Hall–Kier alpha value is -2.17. The molecule has 2 aromatic carbocycles. The highest BCUT2D eigenvalue weighted by Gasteiger charge is 2.66. The van der Waals surface area contributed by atoms with E-state index in [1.807, 2.05) is 27.7 Å². The van der Waals surface area contributed by atoms with Crippen LogP contribution in [0.3, 0.4) is 0 Å². The Morgan fingerprint density at radius 2 is 1.56 bits per heavy atom. The molecule has 3 aliphatic heterocycles. The number of fused-ring (bicyclic) bond motifs is 3. The maximum atomic E-state index is 13.7. The Balaban J connectivity index is 0.000000861. The van der Waals surface area contributed by atoms with Crippen molar-refractivity contribution < 1.29 is 4.79 Å². The molecule has 5 atom stereocenters. The summed E-state index contributed by atoms with van der Waals surface area (Å²) in [5.74, 6) is 0.897. The van der Waals surface area contributed by atoms with Gasteiger partial charge in [-0.15, -0.1) is 0 Å². The lowest BCUT2D eigenvalue weighted by Crippen LogP contribution is -2.50. The predicted octanol–water partition coefficient (Wildman–Crippen LogP) is 7.33. The highest BCUT2D eigenvalue weighted by atomic mass is 16.2. The lowest BCUT2D eigenvalue weighted by atomic mass is 9.77. The molecule has 0 aliphatic carbocycles. The molecule has 0 aromatic heterocycles. The average Bonchev–Trinajstić information content (AvgIpc) is 3.46. The number of likely N-dealkylation sites (tertiary alicyclic amines) is 2. The number of hydrogen-bond acceptors (Lipinski definition) is 3. The molecule has 0 bridgehead atoms. The van der Waals surface area contributed by atoms with Gasteiger partial charge in [0, 0.05) is 35.3 Å². The lowest BCUT2D eigenvalue weighted by molar-refractivity contribution is -0.128. The molecule has 2 aromatic rings. The van der Waals surface area contributed by atoms with Crippen molar-refractivity contribution in [3.63, 3.8) is 0 Å². The fourth-order valence-corrected chi connectivity index (χ4v) is 7.07. The zero-order chi connectivity index (χ0) is 27.1. The van der Waals surface area contributed by atoms with Gasteiger partial charge in [-0.1, -0.05) is 78.8 Å². The van der Waals surface area contributed by atoms with Gasteiger partial charge in [0.25, 0.3) is 0 Å². The van der Waals surface area contributed by atoms with Crippen molar-refractivity contribution in [3.05, 3.63) is 63.7 Å². The van der Waals surface area contributed by atoms with Crippen molar-refractivity contribution in [2.24, 2.45) is 5.92 Å². The maximum Gasteiger partial charge on any atom is 0.249 e. The minimum absolute atomic E-state index is 0.149. The van der Waals surface area contributed by atoms with Gasteiger partial charge in [-0.25, -0.2) is 0 Å². The molecule has 4 nitrogen and oxygen atoms in total. The molecule has 2 fully saturated rings. The Morgan fingerprint density at radius 1 is 0.972 bits per heavy atom. The molecule has 5 rings (SSSR count). The number of carbonyl (C=O) groups is 1. The first-order chi connectivity index (χ1) is 17.1. The zero-order valence-corrected chi connectivity index (χ0v) is 24.8. The first kappa shape index (κ1) is 28.4. The molecule has 1 N–H and O–H groups in total. The number of amides is 1. The molecule has 0 saturated carbocycles. The third-order valence-corrected chi connectivity index (χ3v) is 9.19. The van der Waals surface area contributed by atoms with Crippen molar-refractivity contribution >= 4 is 11.6 Å². The fraction of sp³-hybridized carbons (Fsp3) is 0.594. The molecular formula is C32H49N3O. The van der Waals surface area contributed by atoms with Crippen LogP contribution in [0, 0.1) is 26.7 Å². The molecular weight excluding hydrogens is 442 g/mol. The highest BCUT2D eigenvalue weighted by Crippen LogP contribution is 2.58. The molecule has 0 unspecified atom stereocenters. The van der Waals surface area contributed by atoms with Crippen LogP contribution < -0.4 is 5.32 Å². The number of hydrogen-bond donors (Lipinski definition) is 1. The van der Waals surface area contributed by atoms with Gasteiger partial charge in [-0.2, -0.15) is 0 Å². The smallest absolute Gasteiger partial charge is 0.249 e. The van der Waals surface area contributed by atoms with E-state index in [2.05, 4.69) is 101 Å². The quantitative estimate of drug-likeness (QED) is 0.478. The van der Waals surface area contributed by atoms with E-state index in [0.717, 1.165) is 12.1 Å². The van der Waals surface area contributed by atoms with Gasteiger partial charge in [-0.05, 0) is 75.0 Å². The first-order valence-corrected chi connectivity index (χ1v) is 14.1. The first-order valence-electron chi connectivity index (χ1n) is 14.1. The van der Waals surface area contributed by atoms with E-state index in [9.17, 15) is 4.79 Å². The molecule has 3 heterocycles. The van der Waals surface area contributed by atoms with E-state index in [-0.39, 0.29) is 11.8 Å². The summed E-state index contributed by atoms with van der Waals surface area (Å²) in [6.45, 7) is 21.2. The summed E-state index contributed by atoms with van der Waals surface area (Å²) < 4.78 is 0. The number of nitrogens with zero attached hydrogens (tertiary/aromatic N) is 2. The maximum absolute atomic E-state index is 13.7. The van der Waals surface area contributed by atoms with Gasteiger partial charge in [0.15, 0.2) is 0 Å². The largest absolute Gasteiger partial charge is 0.324 e. The summed E-state index contributed by atoms with van der Waals surface area (Å²) in [5, 5.41) is 3.29. The average molecular weight is 492 g/mol. The minimum atomic E-state index is -0.589. The molecule has 2 saturated heterocycles. The van der Waals surface area contributed by atoms with Crippen LogP contribution in [0.2, 0.25) is 0 Å². The van der Waals surface area contributed by atoms with Crippen molar-refractivity contribution in [2.45, 2.75) is 105 Å².